The SMILES string of the molecule is CCOC(=O)[C@@H]1CC(C)=C[C@@H](CCNC(=O)c2ccc([N+](=O)[O-])cc2)N1. The van der Waals surface area contributed by atoms with Crippen molar-refractivity contribution in [2.45, 2.75) is 38.8 Å². The molecule has 0 saturated heterocycles. The largest absolute Gasteiger partial charge is 0.465 e. The maximum absolute atomic E-state index is 12.1. The van der Waals surface area contributed by atoms with E-state index in [0.29, 0.717) is 31.6 Å². The van der Waals surface area contributed by atoms with Crippen LogP contribution in [0.3, 0.4) is 0 Å². The molecule has 2 N–H and O–H groups in total. The van der Waals surface area contributed by atoms with Gasteiger partial charge in [0.25, 0.3) is 11.6 Å². The van der Waals surface area contributed by atoms with Crippen molar-refractivity contribution in [3.05, 3.63) is 51.6 Å². The Bertz CT molecular complexity index is 699. The molecule has 1 amide bonds. The Morgan fingerprint density at radius 1 is 1.35 bits per heavy atom. The number of hydrogen-bond acceptors (Lipinski definition) is 6. The number of non-ortho nitro benzene ring substituents is 1. The van der Waals surface area contributed by atoms with Crippen molar-refractivity contribution < 1.29 is 19.2 Å². The molecule has 0 saturated carbocycles. The summed E-state index contributed by atoms with van der Waals surface area (Å²) >= 11 is 0. The van der Waals surface area contributed by atoms with E-state index >= 15 is 0 Å². The summed E-state index contributed by atoms with van der Waals surface area (Å²) in [5, 5.41) is 16.6. The number of amides is 1. The molecule has 1 heterocycles. The molecule has 140 valence electrons. The van der Waals surface area contributed by atoms with Crippen LogP contribution >= 0.6 is 0 Å². The maximum Gasteiger partial charge on any atom is 0.323 e. The number of hydrogen-bond donors (Lipinski definition) is 2. The van der Waals surface area contributed by atoms with Crippen LogP contribution < -0.4 is 10.6 Å². The molecule has 0 aliphatic carbocycles. The van der Waals surface area contributed by atoms with Gasteiger partial charge in [-0.2, -0.15) is 0 Å². The van der Waals surface area contributed by atoms with Gasteiger partial charge >= 0.3 is 5.97 Å². The third-order valence-corrected chi connectivity index (χ3v) is 4.08. The van der Waals surface area contributed by atoms with Crippen LogP contribution in [-0.4, -0.2) is 42.0 Å². The van der Waals surface area contributed by atoms with Crippen molar-refractivity contribution in [2.24, 2.45) is 0 Å². The second-order valence-electron chi connectivity index (χ2n) is 6.14. The van der Waals surface area contributed by atoms with Crippen LogP contribution in [0.1, 0.15) is 37.0 Å². The summed E-state index contributed by atoms with van der Waals surface area (Å²) in [5.41, 5.74) is 1.41. The highest BCUT2D eigenvalue weighted by atomic mass is 16.6. The summed E-state index contributed by atoms with van der Waals surface area (Å²) in [4.78, 5) is 34.1. The van der Waals surface area contributed by atoms with Gasteiger partial charge in [-0.05, 0) is 38.8 Å². The van der Waals surface area contributed by atoms with Gasteiger partial charge in [0.05, 0.1) is 11.5 Å². The van der Waals surface area contributed by atoms with Crippen LogP contribution in [0.15, 0.2) is 35.9 Å². The van der Waals surface area contributed by atoms with Gasteiger partial charge in [-0.3, -0.25) is 25.0 Å². The van der Waals surface area contributed by atoms with Gasteiger partial charge in [0.1, 0.15) is 6.04 Å². The first-order valence-electron chi connectivity index (χ1n) is 8.53. The summed E-state index contributed by atoms with van der Waals surface area (Å²) in [5.74, 6) is -0.557. The van der Waals surface area contributed by atoms with E-state index in [4.69, 9.17) is 4.74 Å². The summed E-state index contributed by atoms with van der Waals surface area (Å²) in [6.07, 6.45) is 3.28. The number of rotatable bonds is 7. The Balaban J connectivity index is 1.84. The molecule has 1 aliphatic heterocycles. The monoisotopic (exact) mass is 361 g/mol. The van der Waals surface area contributed by atoms with Gasteiger partial charge in [-0.1, -0.05) is 11.6 Å². The predicted molar refractivity (Wildman–Crippen MR) is 95.8 cm³/mol. The number of nitrogens with zero attached hydrogens (tertiary/aromatic N) is 1. The second kappa shape index (κ2) is 9.10. The number of esters is 1. The molecular formula is C18H23N3O5. The third-order valence-electron chi connectivity index (χ3n) is 4.08. The van der Waals surface area contributed by atoms with E-state index in [-0.39, 0.29) is 29.6 Å². The third kappa shape index (κ3) is 5.38. The molecule has 0 unspecified atom stereocenters. The number of nitro benzene ring substituents is 1. The molecule has 8 heteroatoms. The number of nitro groups is 1. The molecule has 26 heavy (non-hydrogen) atoms. The van der Waals surface area contributed by atoms with Gasteiger partial charge in [0.15, 0.2) is 0 Å². The fourth-order valence-electron chi connectivity index (χ4n) is 2.84. The van der Waals surface area contributed by atoms with Crippen LogP contribution in [0.4, 0.5) is 5.69 Å². The van der Waals surface area contributed by atoms with Crippen molar-refractivity contribution in [1.29, 1.82) is 0 Å². The van der Waals surface area contributed by atoms with E-state index < -0.39 is 4.92 Å². The first-order valence-corrected chi connectivity index (χ1v) is 8.53. The van der Waals surface area contributed by atoms with Crippen LogP contribution in [0.2, 0.25) is 0 Å². The van der Waals surface area contributed by atoms with Gasteiger partial charge in [-0.25, -0.2) is 0 Å². The lowest BCUT2D eigenvalue weighted by atomic mass is 9.97. The summed E-state index contributed by atoms with van der Waals surface area (Å²) in [6, 6.07) is 5.05. The molecule has 0 spiro atoms. The number of carbonyl (C=O) groups excluding carboxylic acids is 2. The number of nitrogens with one attached hydrogen (secondary N) is 2. The van der Waals surface area contributed by atoms with E-state index in [9.17, 15) is 19.7 Å². The predicted octanol–water partition coefficient (Wildman–Crippen LogP) is 1.95. The lowest BCUT2D eigenvalue weighted by molar-refractivity contribution is -0.384. The van der Waals surface area contributed by atoms with Crippen molar-refractivity contribution in [3.8, 4) is 0 Å². The number of carbonyl (C=O) groups is 2. The molecule has 0 radical (unpaired) electrons. The molecule has 2 atom stereocenters. The van der Waals surface area contributed by atoms with Crippen LogP contribution in [0.25, 0.3) is 0 Å². The van der Waals surface area contributed by atoms with Gasteiger partial charge < -0.3 is 10.1 Å². The fraction of sp³-hybridized carbons (Fsp3) is 0.444. The van der Waals surface area contributed by atoms with Crippen molar-refractivity contribution in [2.75, 3.05) is 13.2 Å². The fourth-order valence-corrected chi connectivity index (χ4v) is 2.84. The molecule has 1 aromatic carbocycles. The average Bonchev–Trinajstić information content (AvgIpc) is 2.61. The minimum atomic E-state index is -0.509. The minimum absolute atomic E-state index is 0.0321. The summed E-state index contributed by atoms with van der Waals surface area (Å²) in [6.45, 7) is 4.49. The summed E-state index contributed by atoms with van der Waals surface area (Å²) in [7, 11) is 0. The molecule has 0 aromatic heterocycles. The van der Waals surface area contributed by atoms with E-state index in [0.717, 1.165) is 5.57 Å². The Morgan fingerprint density at radius 2 is 2.04 bits per heavy atom. The molecule has 0 fully saturated rings. The Hall–Kier alpha value is -2.74. The molecule has 2 rings (SSSR count). The minimum Gasteiger partial charge on any atom is -0.465 e. The molecule has 1 aliphatic rings. The van der Waals surface area contributed by atoms with Crippen molar-refractivity contribution >= 4 is 17.6 Å². The average molecular weight is 361 g/mol. The van der Waals surface area contributed by atoms with Crippen molar-refractivity contribution in [1.82, 2.24) is 10.6 Å². The molecular weight excluding hydrogens is 338 g/mol. The lowest BCUT2D eigenvalue weighted by Crippen LogP contribution is -2.47. The highest BCUT2D eigenvalue weighted by Crippen LogP contribution is 2.16. The highest BCUT2D eigenvalue weighted by molar-refractivity contribution is 5.94. The van der Waals surface area contributed by atoms with Gasteiger partial charge in [0.2, 0.25) is 0 Å². The highest BCUT2D eigenvalue weighted by Gasteiger charge is 2.26. The standard InChI is InChI=1S/C18H23N3O5/c1-3-26-18(23)16-11-12(2)10-14(20-16)8-9-19-17(22)13-4-6-15(7-5-13)21(24)25/h4-7,10,14,16,20H,3,8-9,11H2,1-2H3,(H,19,22)/t14-,16+/m1/s1. The van der Waals surface area contributed by atoms with Crippen LogP contribution in [0.5, 0.6) is 0 Å². The molecule has 8 nitrogen and oxygen atoms in total. The number of benzene rings is 1. The van der Waals surface area contributed by atoms with Crippen molar-refractivity contribution in [3.63, 3.8) is 0 Å². The van der Waals surface area contributed by atoms with E-state index in [1.165, 1.54) is 24.3 Å². The first kappa shape index (κ1) is 19.6. The Labute approximate surface area is 151 Å². The quantitative estimate of drug-likeness (QED) is 0.332. The second-order valence-corrected chi connectivity index (χ2v) is 6.14. The number of ether oxygens (including phenoxy) is 1. The van der Waals surface area contributed by atoms with Crippen LogP contribution in [0, 0.1) is 10.1 Å². The maximum atomic E-state index is 12.1. The summed E-state index contributed by atoms with van der Waals surface area (Å²) < 4.78 is 5.06. The zero-order valence-corrected chi connectivity index (χ0v) is 14.9. The molecule has 1 aromatic rings. The van der Waals surface area contributed by atoms with E-state index in [1.54, 1.807) is 6.92 Å². The Morgan fingerprint density at radius 3 is 2.65 bits per heavy atom. The Kier molecular flexibility index (Phi) is 6.85. The topological polar surface area (TPSA) is 111 Å². The van der Waals surface area contributed by atoms with E-state index in [2.05, 4.69) is 10.6 Å². The molecule has 0 bridgehead atoms. The zero-order chi connectivity index (χ0) is 19.1. The zero-order valence-electron chi connectivity index (χ0n) is 14.9. The normalized spacial score (nSPS) is 19.4. The lowest BCUT2D eigenvalue weighted by Gasteiger charge is -2.28. The van der Waals surface area contributed by atoms with Gasteiger partial charge in [0, 0.05) is 30.3 Å². The van der Waals surface area contributed by atoms with Crippen LogP contribution in [-0.2, 0) is 9.53 Å². The van der Waals surface area contributed by atoms with Gasteiger partial charge in [-0.15, -0.1) is 0 Å². The first-order chi connectivity index (χ1) is 12.4. The van der Waals surface area contributed by atoms with E-state index in [1.807, 2.05) is 13.0 Å². The smallest absolute Gasteiger partial charge is 0.323 e.